The number of likely N-dealkylation sites (tertiary alicyclic amines) is 1. The summed E-state index contributed by atoms with van der Waals surface area (Å²) in [6.45, 7) is 9.33. The highest BCUT2D eigenvalue weighted by Crippen LogP contribution is 2.14. The van der Waals surface area contributed by atoms with Crippen molar-refractivity contribution in [3.63, 3.8) is 0 Å². The summed E-state index contributed by atoms with van der Waals surface area (Å²) < 4.78 is 5.13. The number of hydrogen-bond acceptors (Lipinski definition) is 4. The van der Waals surface area contributed by atoms with Crippen LogP contribution in [0.3, 0.4) is 0 Å². The van der Waals surface area contributed by atoms with Gasteiger partial charge in [0, 0.05) is 37.8 Å². The topological polar surface area (TPSA) is 70.7 Å². The molecule has 2 aromatic rings. The van der Waals surface area contributed by atoms with Crippen molar-refractivity contribution in [1.29, 1.82) is 0 Å². The molecule has 0 bridgehead atoms. The van der Waals surface area contributed by atoms with Crippen LogP contribution in [0.1, 0.15) is 41.3 Å². The van der Waals surface area contributed by atoms with E-state index in [1.54, 1.807) is 7.11 Å². The van der Waals surface area contributed by atoms with Crippen molar-refractivity contribution >= 4 is 11.8 Å². The first kappa shape index (κ1) is 23.5. The van der Waals surface area contributed by atoms with Crippen molar-refractivity contribution in [3.05, 3.63) is 77.4 Å². The molecule has 32 heavy (non-hydrogen) atoms. The summed E-state index contributed by atoms with van der Waals surface area (Å²) in [7, 11) is 1.62. The normalized spacial score (nSPS) is 14.6. The van der Waals surface area contributed by atoms with Gasteiger partial charge in [-0.1, -0.05) is 36.4 Å². The first-order chi connectivity index (χ1) is 15.4. The van der Waals surface area contributed by atoms with Crippen LogP contribution in [0.25, 0.3) is 0 Å². The van der Waals surface area contributed by atoms with Gasteiger partial charge in [0.05, 0.1) is 13.5 Å². The van der Waals surface area contributed by atoms with E-state index in [2.05, 4.69) is 22.1 Å². The van der Waals surface area contributed by atoms with Gasteiger partial charge in [-0.15, -0.1) is 0 Å². The molecule has 6 heteroatoms. The average molecular weight is 436 g/mol. The summed E-state index contributed by atoms with van der Waals surface area (Å²) >= 11 is 0. The van der Waals surface area contributed by atoms with E-state index in [4.69, 9.17) is 4.74 Å². The summed E-state index contributed by atoms with van der Waals surface area (Å²) in [6, 6.07) is 15.1. The van der Waals surface area contributed by atoms with Crippen molar-refractivity contribution in [2.45, 2.75) is 38.8 Å². The lowest BCUT2D eigenvalue weighted by Gasteiger charge is -2.32. The molecule has 0 saturated carbocycles. The first-order valence-corrected chi connectivity index (χ1v) is 11.1. The molecule has 1 aliphatic heterocycles. The van der Waals surface area contributed by atoms with Gasteiger partial charge in [0.15, 0.2) is 0 Å². The summed E-state index contributed by atoms with van der Waals surface area (Å²) in [5.74, 6) is 0.681. The molecule has 1 saturated heterocycles. The molecule has 1 heterocycles. The van der Waals surface area contributed by atoms with Crippen LogP contribution in [-0.2, 0) is 17.8 Å². The average Bonchev–Trinajstić information content (AvgIpc) is 2.79. The van der Waals surface area contributed by atoms with Crippen LogP contribution in [0.2, 0.25) is 0 Å². The van der Waals surface area contributed by atoms with Gasteiger partial charge in [-0.05, 0) is 55.2 Å². The summed E-state index contributed by atoms with van der Waals surface area (Å²) in [5, 5.41) is 6.07. The molecule has 6 nitrogen and oxygen atoms in total. The third-order valence-corrected chi connectivity index (χ3v) is 5.65. The highest BCUT2D eigenvalue weighted by Gasteiger charge is 2.21. The van der Waals surface area contributed by atoms with Gasteiger partial charge < -0.3 is 15.4 Å². The van der Waals surface area contributed by atoms with Crippen LogP contribution >= 0.6 is 0 Å². The predicted molar refractivity (Wildman–Crippen MR) is 127 cm³/mol. The van der Waals surface area contributed by atoms with Gasteiger partial charge in [0.1, 0.15) is 5.75 Å². The lowest BCUT2D eigenvalue weighted by Crippen LogP contribution is -2.44. The Morgan fingerprint density at radius 1 is 1.03 bits per heavy atom. The second-order valence-electron chi connectivity index (χ2n) is 8.48. The van der Waals surface area contributed by atoms with E-state index < -0.39 is 0 Å². The number of hydrogen-bond donors (Lipinski definition) is 2. The number of methoxy groups -OCH3 is 1. The van der Waals surface area contributed by atoms with Crippen LogP contribution in [0, 0.1) is 0 Å². The van der Waals surface area contributed by atoms with Gasteiger partial charge in [-0.3, -0.25) is 14.5 Å². The van der Waals surface area contributed by atoms with Crippen LogP contribution in [-0.4, -0.2) is 49.5 Å². The Balaban J connectivity index is 1.41. The number of nitrogens with one attached hydrogen (secondary N) is 2. The monoisotopic (exact) mass is 435 g/mol. The van der Waals surface area contributed by atoms with Crippen LogP contribution in [0.5, 0.6) is 5.75 Å². The molecular weight excluding hydrogens is 402 g/mol. The minimum Gasteiger partial charge on any atom is -0.497 e. The maximum atomic E-state index is 12.6. The molecule has 2 N–H and O–H groups in total. The lowest BCUT2D eigenvalue weighted by atomic mass is 10.0. The maximum Gasteiger partial charge on any atom is 0.251 e. The zero-order valence-corrected chi connectivity index (χ0v) is 19.0. The molecule has 0 aromatic heterocycles. The van der Waals surface area contributed by atoms with Crippen molar-refractivity contribution in [2.75, 3.05) is 26.7 Å². The quantitative estimate of drug-likeness (QED) is 0.593. The molecule has 170 valence electrons. The van der Waals surface area contributed by atoms with Crippen LogP contribution in [0.15, 0.2) is 60.7 Å². The Bertz CT molecular complexity index is 914. The van der Waals surface area contributed by atoms with E-state index in [-0.39, 0.29) is 17.9 Å². The minimum absolute atomic E-state index is 0.0431. The van der Waals surface area contributed by atoms with Crippen molar-refractivity contribution in [1.82, 2.24) is 15.5 Å². The van der Waals surface area contributed by atoms with Crippen molar-refractivity contribution < 1.29 is 14.3 Å². The highest BCUT2D eigenvalue weighted by molar-refractivity contribution is 5.94. The van der Waals surface area contributed by atoms with Gasteiger partial charge in [-0.25, -0.2) is 0 Å². The molecule has 3 rings (SSSR count). The van der Waals surface area contributed by atoms with E-state index >= 15 is 0 Å². The zero-order valence-electron chi connectivity index (χ0n) is 19.0. The second kappa shape index (κ2) is 11.5. The Kier molecular flexibility index (Phi) is 8.45. The smallest absolute Gasteiger partial charge is 0.251 e. The number of benzene rings is 2. The Morgan fingerprint density at radius 2 is 1.66 bits per heavy atom. The summed E-state index contributed by atoms with van der Waals surface area (Å²) in [5.41, 5.74) is 3.70. The fraction of sp³-hybridized carbons (Fsp3) is 0.385. The van der Waals surface area contributed by atoms with Crippen molar-refractivity contribution in [3.8, 4) is 5.75 Å². The number of rotatable bonds is 9. The van der Waals surface area contributed by atoms with Crippen LogP contribution in [0.4, 0.5) is 0 Å². The SMILES string of the molecule is C=C(C)CN1CCC(NC(=O)c2ccc(CNC(=O)Cc3ccc(OC)cc3)cc2)CC1. The molecule has 1 fully saturated rings. The molecule has 2 aromatic carbocycles. The van der Waals surface area contributed by atoms with E-state index in [1.807, 2.05) is 55.5 Å². The molecule has 0 atom stereocenters. The summed E-state index contributed by atoms with van der Waals surface area (Å²) in [4.78, 5) is 27.2. The van der Waals surface area contributed by atoms with E-state index in [1.165, 1.54) is 5.57 Å². The fourth-order valence-electron chi connectivity index (χ4n) is 3.85. The zero-order chi connectivity index (χ0) is 22.9. The van der Waals surface area contributed by atoms with Crippen LogP contribution < -0.4 is 15.4 Å². The number of carbonyl (C=O) groups excluding carboxylic acids is 2. The summed E-state index contributed by atoms with van der Waals surface area (Å²) in [6.07, 6.45) is 2.23. The molecule has 0 radical (unpaired) electrons. The maximum absolute atomic E-state index is 12.6. The molecular formula is C26H33N3O3. The standard InChI is InChI=1S/C26H33N3O3/c1-19(2)18-29-14-12-23(13-15-29)28-26(31)22-8-4-21(5-9-22)17-27-25(30)16-20-6-10-24(32-3)11-7-20/h4-11,23H,1,12-18H2,2-3H3,(H,27,30)(H,28,31). The predicted octanol–water partition coefficient (Wildman–Crippen LogP) is 3.32. The van der Waals surface area contributed by atoms with Gasteiger partial charge in [0.2, 0.25) is 5.91 Å². The number of nitrogens with zero attached hydrogens (tertiary/aromatic N) is 1. The molecule has 0 unspecified atom stereocenters. The third-order valence-electron chi connectivity index (χ3n) is 5.65. The number of ether oxygens (including phenoxy) is 1. The van der Waals surface area contributed by atoms with Gasteiger partial charge in [-0.2, -0.15) is 0 Å². The van der Waals surface area contributed by atoms with E-state index in [0.29, 0.717) is 18.5 Å². The molecule has 0 aliphatic carbocycles. The highest BCUT2D eigenvalue weighted by atomic mass is 16.5. The minimum atomic E-state index is -0.0463. The molecule has 2 amide bonds. The Labute approximate surface area is 190 Å². The van der Waals surface area contributed by atoms with Gasteiger partial charge >= 0.3 is 0 Å². The largest absolute Gasteiger partial charge is 0.497 e. The number of piperidine rings is 1. The third kappa shape index (κ3) is 7.24. The second-order valence-corrected chi connectivity index (χ2v) is 8.48. The van der Waals surface area contributed by atoms with Crippen molar-refractivity contribution in [2.24, 2.45) is 0 Å². The number of amides is 2. The Morgan fingerprint density at radius 3 is 2.25 bits per heavy atom. The fourth-order valence-corrected chi connectivity index (χ4v) is 3.85. The van der Waals surface area contributed by atoms with Gasteiger partial charge in [0.25, 0.3) is 5.91 Å². The molecule has 0 spiro atoms. The van der Waals surface area contributed by atoms with E-state index in [9.17, 15) is 9.59 Å². The van der Waals surface area contributed by atoms with E-state index in [0.717, 1.165) is 49.4 Å². The Hall–Kier alpha value is -3.12. The first-order valence-electron chi connectivity index (χ1n) is 11.1. The molecule has 1 aliphatic rings. The lowest BCUT2D eigenvalue weighted by molar-refractivity contribution is -0.120. The number of carbonyl (C=O) groups is 2.